The predicted octanol–water partition coefficient (Wildman–Crippen LogP) is 6.20. The van der Waals surface area contributed by atoms with Gasteiger partial charge in [0.2, 0.25) is 11.8 Å². The summed E-state index contributed by atoms with van der Waals surface area (Å²) in [6, 6.07) is 11.5. The summed E-state index contributed by atoms with van der Waals surface area (Å²) in [7, 11) is 0. The number of benzene rings is 1. The number of piperidine rings is 1. The van der Waals surface area contributed by atoms with Crippen LogP contribution in [0.25, 0.3) is 6.08 Å². The van der Waals surface area contributed by atoms with Gasteiger partial charge in [0.1, 0.15) is 5.75 Å². The first-order valence-electron chi connectivity index (χ1n) is 10.5. The number of aryl methyl sites for hydroxylation is 1. The van der Waals surface area contributed by atoms with Crippen molar-refractivity contribution >= 4 is 33.9 Å². The molecule has 2 aromatic heterocycles. The van der Waals surface area contributed by atoms with E-state index in [9.17, 15) is 4.79 Å². The molecule has 0 radical (unpaired) electrons. The van der Waals surface area contributed by atoms with Crippen LogP contribution in [0.1, 0.15) is 30.2 Å². The van der Waals surface area contributed by atoms with Crippen molar-refractivity contribution in [2.45, 2.75) is 27.2 Å². The standard InChI is InChI=1S/C24H25BrN4O3/c1-15-14-29(24(30)27-23-16(2)17(3)28-32-23)10-9-19(15)11-18-5-4-6-21(12-18)31-22-8-7-20(25)13-26-22/h4-8,11-13,15H,9-10,14H2,1-3H3,(H,27,30)/b19-11+. The maximum absolute atomic E-state index is 12.7. The van der Waals surface area contributed by atoms with E-state index in [0.29, 0.717) is 24.9 Å². The van der Waals surface area contributed by atoms with Crippen LogP contribution in [-0.2, 0) is 0 Å². The highest BCUT2D eigenvalue weighted by Gasteiger charge is 2.25. The van der Waals surface area contributed by atoms with Crippen molar-refractivity contribution < 1.29 is 14.1 Å². The van der Waals surface area contributed by atoms with Crippen LogP contribution in [0.4, 0.5) is 10.7 Å². The molecule has 3 heterocycles. The molecular weight excluding hydrogens is 472 g/mol. The number of nitrogens with zero attached hydrogens (tertiary/aromatic N) is 3. The Kier molecular flexibility index (Phi) is 6.60. The third kappa shape index (κ3) is 5.19. The van der Waals surface area contributed by atoms with Crippen LogP contribution in [0.15, 0.2) is 57.2 Å². The minimum Gasteiger partial charge on any atom is -0.439 e. The molecule has 1 aromatic carbocycles. The molecule has 1 N–H and O–H groups in total. The highest BCUT2D eigenvalue weighted by molar-refractivity contribution is 9.10. The average molecular weight is 497 g/mol. The van der Waals surface area contributed by atoms with Crippen molar-refractivity contribution in [3.63, 3.8) is 0 Å². The quantitative estimate of drug-likeness (QED) is 0.464. The number of anilines is 1. The predicted molar refractivity (Wildman–Crippen MR) is 127 cm³/mol. The van der Waals surface area contributed by atoms with E-state index in [2.05, 4.69) is 50.5 Å². The fraction of sp³-hybridized carbons (Fsp3) is 0.292. The Morgan fingerprint density at radius 3 is 2.84 bits per heavy atom. The summed E-state index contributed by atoms with van der Waals surface area (Å²) < 4.78 is 12.0. The maximum atomic E-state index is 12.7. The Labute approximate surface area is 195 Å². The van der Waals surface area contributed by atoms with E-state index in [1.54, 1.807) is 6.20 Å². The molecule has 1 unspecified atom stereocenters. The molecule has 0 aliphatic carbocycles. The SMILES string of the molecule is Cc1noc(NC(=O)N2CC/C(=C\c3cccc(Oc4ccc(Br)cn4)c3)C(C)C2)c1C. The Morgan fingerprint density at radius 1 is 1.31 bits per heavy atom. The zero-order valence-corrected chi connectivity index (χ0v) is 19.8. The second kappa shape index (κ2) is 9.56. The van der Waals surface area contributed by atoms with Gasteiger partial charge in [0.05, 0.1) is 5.69 Å². The molecule has 0 bridgehead atoms. The average Bonchev–Trinajstić information content (AvgIpc) is 3.09. The molecule has 1 aliphatic rings. The van der Waals surface area contributed by atoms with E-state index < -0.39 is 0 Å². The molecule has 1 aliphatic heterocycles. The van der Waals surface area contributed by atoms with Crippen LogP contribution in [0.3, 0.4) is 0 Å². The molecular formula is C24H25BrN4O3. The zero-order valence-electron chi connectivity index (χ0n) is 18.3. The van der Waals surface area contributed by atoms with Gasteiger partial charge in [-0.3, -0.25) is 5.32 Å². The van der Waals surface area contributed by atoms with E-state index in [4.69, 9.17) is 9.26 Å². The number of ether oxygens (including phenoxy) is 1. The number of aromatic nitrogens is 2. The zero-order chi connectivity index (χ0) is 22.7. The minimum absolute atomic E-state index is 0.160. The van der Waals surface area contributed by atoms with Gasteiger partial charge in [-0.2, -0.15) is 0 Å². The second-order valence-electron chi connectivity index (χ2n) is 7.96. The van der Waals surface area contributed by atoms with Crippen molar-refractivity contribution in [3.05, 3.63) is 69.5 Å². The second-order valence-corrected chi connectivity index (χ2v) is 8.87. The number of pyridine rings is 1. The van der Waals surface area contributed by atoms with Crippen LogP contribution in [-0.4, -0.2) is 34.2 Å². The molecule has 4 rings (SSSR count). The lowest BCUT2D eigenvalue weighted by Crippen LogP contribution is -2.42. The van der Waals surface area contributed by atoms with Crippen LogP contribution in [0.2, 0.25) is 0 Å². The van der Waals surface area contributed by atoms with E-state index in [-0.39, 0.29) is 11.9 Å². The van der Waals surface area contributed by atoms with Crippen molar-refractivity contribution in [1.82, 2.24) is 15.0 Å². The summed E-state index contributed by atoms with van der Waals surface area (Å²) in [6.45, 7) is 7.16. The van der Waals surface area contributed by atoms with Crippen molar-refractivity contribution in [1.29, 1.82) is 0 Å². The van der Waals surface area contributed by atoms with Gasteiger partial charge in [-0.25, -0.2) is 9.78 Å². The van der Waals surface area contributed by atoms with Crippen LogP contribution in [0, 0.1) is 19.8 Å². The first-order chi connectivity index (χ1) is 15.4. The first-order valence-corrected chi connectivity index (χ1v) is 11.3. The lowest BCUT2D eigenvalue weighted by atomic mass is 9.91. The monoisotopic (exact) mass is 496 g/mol. The van der Waals surface area contributed by atoms with Gasteiger partial charge in [0.15, 0.2) is 0 Å². The summed E-state index contributed by atoms with van der Waals surface area (Å²) in [6.07, 6.45) is 4.70. The number of nitrogens with one attached hydrogen (secondary N) is 1. The first kappa shape index (κ1) is 22.1. The summed E-state index contributed by atoms with van der Waals surface area (Å²) in [5.41, 5.74) is 4.00. The number of urea groups is 1. The fourth-order valence-electron chi connectivity index (χ4n) is 3.58. The number of hydrogen-bond donors (Lipinski definition) is 1. The lowest BCUT2D eigenvalue weighted by Gasteiger charge is -2.33. The van der Waals surface area contributed by atoms with Crippen LogP contribution >= 0.6 is 15.9 Å². The molecule has 0 spiro atoms. The number of hydrogen-bond acceptors (Lipinski definition) is 5. The minimum atomic E-state index is -0.160. The molecule has 1 fully saturated rings. The third-order valence-corrected chi connectivity index (χ3v) is 6.06. The fourth-order valence-corrected chi connectivity index (χ4v) is 3.82. The Morgan fingerprint density at radius 2 is 2.16 bits per heavy atom. The summed E-state index contributed by atoms with van der Waals surface area (Å²) in [4.78, 5) is 18.7. The van der Waals surface area contributed by atoms with Crippen molar-refractivity contribution in [2.75, 3.05) is 18.4 Å². The van der Waals surface area contributed by atoms with Gasteiger partial charge in [-0.15, -0.1) is 0 Å². The van der Waals surface area contributed by atoms with Crippen molar-refractivity contribution in [2.24, 2.45) is 5.92 Å². The van der Waals surface area contributed by atoms with Crippen molar-refractivity contribution in [3.8, 4) is 11.6 Å². The lowest BCUT2D eigenvalue weighted by molar-refractivity contribution is 0.197. The highest BCUT2D eigenvalue weighted by atomic mass is 79.9. The van der Waals surface area contributed by atoms with Gasteiger partial charge in [0, 0.05) is 35.4 Å². The normalized spacial score (nSPS) is 17.4. The molecule has 7 nitrogen and oxygen atoms in total. The molecule has 8 heteroatoms. The molecule has 3 aromatic rings. The van der Waals surface area contributed by atoms with Gasteiger partial charge in [-0.05, 0) is 65.9 Å². The Balaban J connectivity index is 1.40. The van der Waals surface area contributed by atoms with E-state index in [1.165, 1.54) is 5.57 Å². The number of amides is 2. The van der Waals surface area contributed by atoms with Crippen LogP contribution < -0.4 is 10.1 Å². The maximum Gasteiger partial charge on any atom is 0.324 e. The van der Waals surface area contributed by atoms with Gasteiger partial charge < -0.3 is 14.2 Å². The number of rotatable bonds is 4. The molecule has 1 atom stereocenters. The van der Waals surface area contributed by atoms with E-state index in [0.717, 1.165) is 33.5 Å². The number of halogens is 1. The number of carbonyl (C=O) groups is 1. The number of carbonyl (C=O) groups excluding carboxylic acids is 1. The van der Waals surface area contributed by atoms with E-state index in [1.807, 2.05) is 49.1 Å². The van der Waals surface area contributed by atoms with E-state index >= 15 is 0 Å². The van der Waals surface area contributed by atoms with Gasteiger partial charge in [-0.1, -0.05) is 35.9 Å². The highest BCUT2D eigenvalue weighted by Crippen LogP contribution is 2.28. The van der Waals surface area contributed by atoms with Gasteiger partial charge in [0.25, 0.3) is 0 Å². The number of likely N-dealkylation sites (tertiary alicyclic amines) is 1. The topological polar surface area (TPSA) is 80.5 Å². The molecule has 166 valence electrons. The summed E-state index contributed by atoms with van der Waals surface area (Å²) >= 11 is 3.38. The third-order valence-electron chi connectivity index (χ3n) is 5.60. The van der Waals surface area contributed by atoms with Crippen LogP contribution in [0.5, 0.6) is 11.6 Å². The Hall–Kier alpha value is -3.13. The summed E-state index contributed by atoms with van der Waals surface area (Å²) in [5.74, 6) is 1.93. The van der Waals surface area contributed by atoms with Gasteiger partial charge >= 0.3 is 6.03 Å². The smallest absolute Gasteiger partial charge is 0.324 e. The molecule has 32 heavy (non-hydrogen) atoms. The largest absolute Gasteiger partial charge is 0.439 e. The molecule has 2 amide bonds. The summed E-state index contributed by atoms with van der Waals surface area (Å²) in [5, 5.41) is 6.72. The molecule has 1 saturated heterocycles. The Bertz CT molecular complexity index is 1140. The molecule has 0 saturated carbocycles.